The molecule has 0 unspecified atom stereocenters. The number of hydrogen-bond acceptors (Lipinski definition) is 9. The summed E-state index contributed by atoms with van der Waals surface area (Å²) in [5.41, 5.74) is 0.998. The predicted molar refractivity (Wildman–Crippen MR) is 166 cm³/mol. The second-order valence-corrected chi connectivity index (χ2v) is 9.81. The summed E-state index contributed by atoms with van der Waals surface area (Å²) in [6, 6.07) is 24.8. The Morgan fingerprint density at radius 3 is 2.62 bits per heavy atom. The van der Waals surface area contributed by atoms with Gasteiger partial charge in [-0.05, 0) is 55.0 Å². The van der Waals surface area contributed by atoms with Gasteiger partial charge in [0.25, 0.3) is 5.56 Å². The van der Waals surface area contributed by atoms with Crippen molar-refractivity contribution in [3.63, 3.8) is 0 Å². The number of carbonyl (C=O) groups is 1. The number of nitrogens with zero attached hydrogens (tertiary/aromatic N) is 4. The lowest BCUT2D eigenvalue weighted by atomic mass is 10.1. The third kappa shape index (κ3) is 5.84. The smallest absolute Gasteiger partial charge is 0.335 e. The van der Waals surface area contributed by atoms with E-state index in [0.717, 1.165) is 10.1 Å². The van der Waals surface area contributed by atoms with Gasteiger partial charge in [0.1, 0.15) is 12.2 Å². The van der Waals surface area contributed by atoms with Crippen molar-refractivity contribution in [3.8, 4) is 23.1 Å². The van der Waals surface area contributed by atoms with E-state index in [0.29, 0.717) is 27.8 Å². The Hall–Kier alpha value is -6.30. The molecule has 4 aromatic carbocycles. The van der Waals surface area contributed by atoms with E-state index >= 15 is 0 Å². The van der Waals surface area contributed by atoms with Crippen LogP contribution in [0.2, 0.25) is 0 Å². The molecule has 0 fully saturated rings. The quantitative estimate of drug-likeness (QED) is 0.108. The Morgan fingerprint density at radius 2 is 1.84 bits per heavy atom. The topological polar surface area (TPSA) is 159 Å². The number of aromatic carboxylic acids is 1. The van der Waals surface area contributed by atoms with Crippen molar-refractivity contribution in [2.45, 2.75) is 13.5 Å². The number of benzene rings is 4. The predicted octanol–water partition coefficient (Wildman–Crippen LogP) is 6.28. The average Bonchev–Trinajstić information content (AvgIpc) is 3.48. The van der Waals surface area contributed by atoms with Gasteiger partial charge in [-0.3, -0.25) is 14.9 Å². The number of hydrogen-bond donors (Lipinski definition) is 1. The molecule has 6 aromatic rings. The van der Waals surface area contributed by atoms with Crippen molar-refractivity contribution < 1.29 is 28.7 Å². The fourth-order valence-corrected chi connectivity index (χ4v) is 4.78. The van der Waals surface area contributed by atoms with Crippen LogP contribution in [0.25, 0.3) is 33.5 Å². The zero-order chi connectivity index (χ0) is 31.5. The van der Waals surface area contributed by atoms with E-state index in [2.05, 4.69) is 10.1 Å². The van der Waals surface area contributed by atoms with E-state index in [1.54, 1.807) is 55.5 Å². The van der Waals surface area contributed by atoms with Crippen LogP contribution >= 0.6 is 0 Å². The Bertz CT molecular complexity index is 2150. The van der Waals surface area contributed by atoms with Crippen LogP contribution in [0.1, 0.15) is 28.4 Å². The van der Waals surface area contributed by atoms with Crippen molar-refractivity contribution in [3.05, 3.63) is 128 Å². The molecule has 12 nitrogen and oxygen atoms in total. The number of rotatable bonds is 10. The summed E-state index contributed by atoms with van der Waals surface area (Å²) in [5, 5.41) is 27.0. The lowest BCUT2D eigenvalue weighted by Crippen LogP contribution is -2.20. The van der Waals surface area contributed by atoms with Gasteiger partial charge in [0.15, 0.2) is 11.5 Å². The van der Waals surface area contributed by atoms with Gasteiger partial charge in [0.2, 0.25) is 11.6 Å². The minimum absolute atomic E-state index is 0.0580. The lowest BCUT2D eigenvalue weighted by molar-refractivity contribution is -0.386. The van der Waals surface area contributed by atoms with Gasteiger partial charge in [-0.2, -0.15) is 9.78 Å². The number of carboxylic acid groups (broad SMARTS) is 1. The molecule has 12 heteroatoms. The molecule has 0 radical (unpaired) electrons. The van der Waals surface area contributed by atoms with Gasteiger partial charge in [-0.25, -0.2) is 9.78 Å². The van der Waals surface area contributed by atoms with E-state index in [9.17, 15) is 24.8 Å². The summed E-state index contributed by atoms with van der Waals surface area (Å²) in [6.07, 6.45) is 1.29. The molecule has 6 rings (SSSR count). The van der Waals surface area contributed by atoms with E-state index in [4.69, 9.17) is 13.9 Å². The van der Waals surface area contributed by atoms with Crippen molar-refractivity contribution in [2.24, 2.45) is 5.10 Å². The van der Waals surface area contributed by atoms with Gasteiger partial charge in [0.05, 0.1) is 34.2 Å². The normalized spacial score (nSPS) is 11.3. The first-order chi connectivity index (χ1) is 21.8. The van der Waals surface area contributed by atoms with Gasteiger partial charge in [-0.15, -0.1) is 0 Å². The zero-order valence-corrected chi connectivity index (χ0v) is 23.7. The molecule has 0 atom stereocenters. The first-order valence-corrected chi connectivity index (χ1v) is 13.8. The molecular weight excluding hydrogens is 580 g/mol. The average molecular weight is 605 g/mol. The molecule has 1 N–H and O–H groups in total. The summed E-state index contributed by atoms with van der Waals surface area (Å²) in [5.74, 6) is -0.705. The Kier molecular flexibility index (Phi) is 7.76. The summed E-state index contributed by atoms with van der Waals surface area (Å²) in [4.78, 5) is 41.2. The molecule has 0 aliphatic carbocycles. The molecule has 0 bridgehead atoms. The maximum atomic E-state index is 13.6. The van der Waals surface area contributed by atoms with Crippen molar-refractivity contribution in [1.82, 2.24) is 9.66 Å². The molecular formula is C33H24N4O8. The molecule has 0 amide bonds. The van der Waals surface area contributed by atoms with Crippen LogP contribution in [-0.2, 0) is 6.61 Å². The SMILES string of the molecule is CCOc1cc(C=Nn2c(-c3cc4ccccc4o3)nc3ccccc3c2=O)cc([N+](=O)[O-])c1OCc1cccc(C(=O)O)c1. The lowest BCUT2D eigenvalue weighted by Gasteiger charge is -2.13. The zero-order valence-electron chi connectivity index (χ0n) is 23.7. The second kappa shape index (κ2) is 12.1. The highest BCUT2D eigenvalue weighted by Gasteiger charge is 2.23. The molecule has 2 heterocycles. The van der Waals surface area contributed by atoms with Gasteiger partial charge >= 0.3 is 11.7 Å². The molecule has 0 saturated carbocycles. The number of fused-ring (bicyclic) bond motifs is 2. The van der Waals surface area contributed by atoms with Crippen LogP contribution in [-0.4, -0.2) is 38.5 Å². The van der Waals surface area contributed by atoms with Crippen molar-refractivity contribution >= 4 is 39.7 Å². The number of para-hydroxylation sites is 2. The molecule has 0 saturated heterocycles. The summed E-state index contributed by atoms with van der Waals surface area (Å²) >= 11 is 0. The highest BCUT2D eigenvalue weighted by Crippen LogP contribution is 2.39. The number of furan rings is 1. The Balaban J connectivity index is 1.42. The van der Waals surface area contributed by atoms with E-state index in [1.807, 2.05) is 18.2 Å². The van der Waals surface area contributed by atoms with Gasteiger partial charge in [0, 0.05) is 17.0 Å². The first kappa shape index (κ1) is 28.8. The summed E-state index contributed by atoms with van der Waals surface area (Å²) in [6.45, 7) is 1.74. The minimum Gasteiger partial charge on any atom is -0.490 e. The molecule has 45 heavy (non-hydrogen) atoms. The monoisotopic (exact) mass is 604 g/mol. The summed E-state index contributed by atoms with van der Waals surface area (Å²) < 4.78 is 18.6. The molecule has 224 valence electrons. The first-order valence-electron chi connectivity index (χ1n) is 13.8. The van der Waals surface area contributed by atoms with Crippen LogP contribution in [0, 0.1) is 10.1 Å². The molecule has 0 aliphatic heterocycles. The highest BCUT2D eigenvalue weighted by atomic mass is 16.6. The number of carboxylic acids is 1. The number of aromatic nitrogens is 2. The standard InChI is InChI=1S/C33H24N4O8/c1-2-43-28-16-21(15-26(37(41)42)30(28)44-19-20-8-7-10-23(14-20)33(39)40)18-34-36-31(29-17-22-9-3-6-13-27(22)45-29)35-25-12-5-4-11-24(25)32(36)38/h3-18H,2,19H2,1H3,(H,39,40). The van der Waals surface area contributed by atoms with Crippen LogP contribution in [0.15, 0.2) is 105 Å². The number of nitro benzene ring substituents is 1. The number of ether oxygens (including phenoxy) is 2. The van der Waals surface area contributed by atoms with Crippen molar-refractivity contribution in [2.75, 3.05) is 6.61 Å². The van der Waals surface area contributed by atoms with Crippen LogP contribution < -0.4 is 15.0 Å². The highest BCUT2D eigenvalue weighted by molar-refractivity contribution is 5.88. The van der Waals surface area contributed by atoms with E-state index in [-0.39, 0.29) is 41.7 Å². The largest absolute Gasteiger partial charge is 0.490 e. The summed E-state index contributed by atoms with van der Waals surface area (Å²) in [7, 11) is 0. The fraction of sp³-hybridized carbons (Fsp3) is 0.0909. The second-order valence-electron chi connectivity index (χ2n) is 9.81. The fourth-order valence-electron chi connectivity index (χ4n) is 4.78. The molecule has 0 aliphatic rings. The Morgan fingerprint density at radius 1 is 1.04 bits per heavy atom. The van der Waals surface area contributed by atoms with Gasteiger partial charge in [-0.1, -0.05) is 42.5 Å². The van der Waals surface area contributed by atoms with Crippen molar-refractivity contribution in [1.29, 1.82) is 0 Å². The Labute approximate surface area is 254 Å². The van der Waals surface area contributed by atoms with Crippen LogP contribution in [0.4, 0.5) is 5.69 Å². The van der Waals surface area contributed by atoms with E-state index < -0.39 is 22.1 Å². The third-order valence-corrected chi connectivity index (χ3v) is 6.83. The van der Waals surface area contributed by atoms with Crippen LogP contribution in [0.3, 0.4) is 0 Å². The number of nitro groups is 1. The van der Waals surface area contributed by atoms with E-state index in [1.165, 1.54) is 30.5 Å². The molecule has 0 spiro atoms. The maximum Gasteiger partial charge on any atom is 0.335 e. The molecule has 2 aromatic heterocycles. The van der Waals surface area contributed by atoms with Crippen LogP contribution in [0.5, 0.6) is 11.5 Å². The minimum atomic E-state index is -1.11. The van der Waals surface area contributed by atoms with Gasteiger partial charge < -0.3 is 19.0 Å². The maximum absolute atomic E-state index is 13.6. The third-order valence-electron chi connectivity index (χ3n) is 6.83.